The number of amides is 1. The summed E-state index contributed by atoms with van der Waals surface area (Å²) in [6, 6.07) is 0. The van der Waals surface area contributed by atoms with Crippen LogP contribution in [-0.2, 0) is 11.2 Å². The van der Waals surface area contributed by atoms with Crippen LogP contribution in [-0.4, -0.2) is 52.1 Å². The summed E-state index contributed by atoms with van der Waals surface area (Å²) in [5.74, 6) is 0.206. The van der Waals surface area contributed by atoms with Crippen LogP contribution < -0.4 is 0 Å². The van der Waals surface area contributed by atoms with E-state index >= 15 is 0 Å². The van der Waals surface area contributed by atoms with Gasteiger partial charge in [0.25, 0.3) is 5.91 Å². The van der Waals surface area contributed by atoms with Crippen LogP contribution in [0.5, 0.6) is 0 Å². The molecule has 1 saturated heterocycles. The third kappa shape index (κ3) is 3.62. The first-order valence-electron chi connectivity index (χ1n) is 6.83. The van der Waals surface area contributed by atoms with E-state index in [4.69, 9.17) is 4.74 Å². The van der Waals surface area contributed by atoms with Crippen LogP contribution in [0.15, 0.2) is 29.5 Å². The van der Waals surface area contributed by atoms with Gasteiger partial charge in [-0.05, 0) is 6.42 Å². The molecule has 1 aliphatic rings. The summed E-state index contributed by atoms with van der Waals surface area (Å²) in [6.07, 6.45) is 5.86. The Morgan fingerprint density at radius 2 is 2.38 bits per heavy atom. The van der Waals surface area contributed by atoms with E-state index in [9.17, 15) is 4.79 Å². The lowest BCUT2D eigenvalue weighted by Gasteiger charge is -2.22. The highest BCUT2D eigenvalue weighted by atomic mass is 32.1. The van der Waals surface area contributed by atoms with Crippen molar-refractivity contribution in [3.63, 3.8) is 0 Å². The zero-order valence-electron chi connectivity index (χ0n) is 11.5. The summed E-state index contributed by atoms with van der Waals surface area (Å²) in [6.45, 7) is 2.46. The van der Waals surface area contributed by atoms with Crippen molar-refractivity contribution in [3.05, 3.63) is 40.9 Å². The van der Waals surface area contributed by atoms with Gasteiger partial charge in [0.05, 0.1) is 24.4 Å². The van der Waals surface area contributed by atoms with E-state index in [1.54, 1.807) is 29.5 Å². The van der Waals surface area contributed by atoms with Gasteiger partial charge in [0.15, 0.2) is 0 Å². The maximum absolute atomic E-state index is 12.4. The van der Waals surface area contributed by atoms with Gasteiger partial charge in [-0.2, -0.15) is 0 Å². The molecule has 1 amide bonds. The molecule has 0 radical (unpaired) electrons. The van der Waals surface area contributed by atoms with Gasteiger partial charge < -0.3 is 9.64 Å². The Labute approximate surface area is 126 Å². The third-order valence-electron chi connectivity index (χ3n) is 3.39. The minimum atomic E-state index is -0.0223. The average molecular weight is 304 g/mol. The minimum absolute atomic E-state index is 0.0223. The maximum atomic E-state index is 12.4. The Bertz CT molecular complexity index is 576. The van der Waals surface area contributed by atoms with E-state index in [1.165, 1.54) is 11.3 Å². The van der Waals surface area contributed by atoms with Crippen LogP contribution in [0, 0.1) is 5.92 Å². The Morgan fingerprint density at radius 3 is 3.14 bits per heavy atom. The molecule has 0 N–H and O–H groups in total. The molecule has 0 saturated carbocycles. The molecule has 2 aromatic heterocycles. The number of carbonyl (C=O) groups is 1. The van der Waals surface area contributed by atoms with Crippen molar-refractivity contribution in [3.8, 4) is 0 Å². The minimum Gasteiger partial charge on any atom is -0.379 e. The monoisotopic (exact) mass is 304 g/mol. The summed E-state index contributed by atoms with van der Waals surface area (Å²) in [4.78, 5) is 26.7. The number of carbonyl (C=O) groups excluding carboxylic acids is 1. The summed E-state index contributed by atoms with van der Waals surface area (Å²) < 4.78 is 5.62. The zero-order valence-corrected chi connectivity index (χ0v) is 12.3. The topological polar surface area (TPSA) is 68.2 Å². The Morgan fingerprint density at radius 1 is 1.43 bits per heavy atom. The van der Waals surface area contributed by atoms with Crippen molar-refractivity contribution in [2.24, 2.45) is 5.92 Å². The lowest BCUT2D eigenvalue weighted by molar-refractivity contribution is 0.0732. The first-order chi connectivity index (χ1) is 10.3. The van der Waals surface area contributed by atoms with Crippen LogP contribution in [0.3, 0.4) is 0 Å². The Kier molecular flexibility index (Phi) is 4.52. The van der Waals surface area contributed by atoms with Gasteiger partial charge >= 0.3 is 0 Å². The normalized spacial score (nSPS) is 19.2. The van der Waals surface area contributed by atoms with Crippen LogP contribution in [0.2, 0.25) is 0 Å². The molecule has 0 spiro atoms. The summed E-state index contributed by atoms with van der Waals surface area (Å²) >= 11 is 1.43. The predicted octanol–water partition coefficient (Wildman–Crippen LogP) is 1.26. The van der Waals surface area contributed by atoms with Crippen molar-refractivity contribution >= 4 is 17.2 Å². The quantitative estimate of drug-likeness (QED) is 0.854. The highest BCUT2D eigenvalue weighted by Crippen LogP contribution is 2.15. The molecule has 3 rings (SSSR count). The van der Waals surface area contributed by atoms with Gasteiger partial charge in [-0.15, -0.1) is 11.3 Å². The number of aromatic nitrogens is 3. The van der Waals surface area contributed by atoms with E-state index in [0.29, 0.717) is 32.0 Å². The Balaban J connectivity index is 1.67. The number of hydrogen-bond acceptors (Lipinski definition) is 6. The number of rotatable bonds is 3. The first-order valence-corrected chi connectivity index (χ1v) is 7.77. The van der Waals surface area contributed by atoms with Crippen molar-refractivity contribution in [2.75, 3.05) is 26.3 Å². The molecule has 6 nitrogen and oxygen atoms in total. The van der Waals surface area contributed by atoms with E-state index in [1.807, 2.05) is 4.90 Å². The maximum Gasteiger partial charge on any atom is 0.273 e. The van der Waals surface area contributed by atoms with Crippen molar-refractivity contribution in [1.82, 2.24) is 19.9 Å². The van der Waals surface area contributed by atoms with Gasteiger partial charge in [-0.25, -0.2) is 4.98 Å². The lowest BCUT2D eigenvalue weighted by Crippen LogP contribution is -2.36. The molecule has 0 aromatic carbocycles. The molecule has 1 atom stereocenters. The molecular formula is C14H16N4O2S. The number of hydrogen-bond donors (Lipinski definition) is 0. The van der Waals surface area contributed by atoms with Gasteiger partial charge in [0.1, 0.15) is 5.69 Å². The standard InChI is InChI=1S/C14H16N4O2S/c19-14(13-9-21-10-17-13)18-3-4-20-8-11(7-18)5-12-6-15-1-2-16-12/h1-2,6,9-11H,3-5,7-8H2/t11-/m0/s1. The predicted molar refractivity (Wildman–Crippen MR) is 78.1 cm³/mol. The van der Waals surface area contributed by atoms with Crippen molar-refractivity contribution < 1.29 is 9.53 Å². The smallest absolute Gasteiger partial charge is 0.273 e. The second kappa shape index (κ2) is 6.73. The third-order valence-corrected chi connectivity index (χ3v) is 3.98. The van der Waals surface area contributed by atoms with Crippen molar-refractivity contribution in [2.45, 2.75) is 6.42 Å². The van der Waals surface area contributed by atoms with Gasteiger partial charge in [-0.3, -0.25) is 14.8 Å². The van der Waals surface area contributed by atoms with Crippen molar-refractivity contribution in [1.29, 1.82) is 0 Å². The average Bonchev–Trinajstić information content (AvgIpc) is 2.95. The van der Waals surface area contributed by atoms with Gasteiger partial charge in [0, 0.05) is 43.0 Å². The molecular weight excluding hydrogens is 288 g/mol. The fourth-order valence-electron chi connectivity index (χ4n) is 2.40. The van der Waals surface area contributed by atoms with Gasteiger partial charge in [-0.1, -0.05) is 0 Å². The molecule has 1 aliphatic heterocycles. The summed E-state index contributed by atoms with van der Waals surface area (Å²) in [5, 5.41) is 1.78. The largest absolute Gasteiger partial charge is 0.379 e. The summed E-state index contributed by atoms with van der Waals surface area (Å²) in [5.41, 5.74) is 3.12. The zero-order chi connectivity index (χ0) is 14.5. The van der Waals surface area contributed by atoms with Crippen LogP contribution in [0.4, 0.5) is 0 Å². The highest BCUT2D eigenvalue weighted by Gasteiger charge is 2.24. The fraction of sp³-hybridized carbons (Fsp3) is 0.429. The number of ether oxygens (including phenoxy) is 1. The molecule has 21 heavy (non-hydrogen) atoms. The highest BCUT2D eigenvalue weighted by molar-refractivity contribution is 7.07. The van der Waals surface area contributed by atoms with Crippen LogP contribution in [0.25, 0.3) is 0 Å². The van der Waals surface area contributed by atoms with E-state index in [-0.39, 0.29) is 11.8 Å². The second-order valence-corrected chi connectivity index (χ2v) is 5.69. The fourth-order valence-corrected chi connectivity index (χ4v) is 2.93. The van der Waals surface area contributed by atoms with E-state index in [0.717, 1.165) is 12.1 Å². The lowest BCUT2D eigenvalue weighted by atomic mass is 10.0. The summed E-state index contributed by atoms with van der Waals surface area (Å²) in [7, 11) is 0. The number of nitrogens with zero attached hydrogens (tertiary/aromatic N) is 4. The molecule has 1 fully saturated rings. The molecule has 110 valence electrons. The molecule has 0 bridgehead atoms. The SMILES string of the molecule is O=C(c1cscn1)N1CCOC[C@@H](Cc2cnccn2)C1. The Hall–Kier alpha value is -1.86. The molecule has 0 unspecified atom stereocenters. The molecule has 3 heterocycles. The van der Waals surface area contributed by atoms with Crippen LogP contribution >= 0.6 is 11.3 Å². The van der Waals surface area contributed by atoms with E-state index in [2.05, 4.69) is 15.0 Å². The molecule has 7 heteroatoms. The second-order valence-electron chi connectivity index (χ2n) is 4.97. The molecule has 2 aromatic rings. The first kappa shape index (κ1) is 14.1. The number of thiazole rings is 1. The van der Waals surface area contributed by atoms with Gasteiger partial charge in [0.2, 0.25) is 0 Å². The van der Waals surface area contributed by atoms with E-state index < -0.39 is 0 Å². The van der Waals surface area contributed by atoms with Crippen LogP contribution in [0.1, 0.15) is 16.2 Å². The molecule has 0 aliphatic carbocycles.